The Morgan fingerprint density at radius 3 is 2.71 bits per heavy atom. The van der Waals surface area contributed by atoms with Crippen molar-refractivity contribution in [1.82, 2.24) is 14.8 Å². The molecule has 0 saturated heterocycles. The zero-order chi connectivity index (χ0) is 27.2. The predicted molar refractivity (Wildman–Crippen MR) is 143 cm³/mol. The molecule has 0 aliphatic heterocycles. The van der Waals surface area contributed by atoms with Gasteiger partial charge in [-0.1, -0.05) is 23.7 Å². The smallest absolute Gasteiger partial charge is 0.222 e. The van der Waals surface area contributed by atoms with E-state index < -0.39 is 21.4 Å². The number of pyridine rings is 1. The van der Waals surface area contributed by atoms with Crippen LogP contribution in [0.25, 0.3) is 11.8 Å². The van der Waals surface area contributed by atoms with Crippen LogP contribution in [0.4, 0.5) is 10.2 Å². The number of aromatic nitrogens is 3. The van der Waals surface area contributed by atoms with E-state index in [9.17, 15) is 17.6 Å². The summed E-state index contributed by atoms with van der Waals surface area (Å²) in [5.41, 5.74) is 9.44. The Morgan fingerprint density at radius 1 is 1.21 bits per heavy atom. The summed E-state index contributed by atoms with van der Waals surface area (Å²) >= 11 is 6.02. The Hall–Kier alpha value is -4.02. The molecule has 0 radical (unpaired) electrons. The minimum absolute atomic E-state index is 0.0753. The van der Waals surface area contributed by atoms with Crippen LogP contribution in [0.1, 0.15) is 32.6 Å². The first-order valence-corrected chi connectivity index (χ1v) is 13.9. The molecule has 2 heterocycles. The molecule has 8 nitrogen and oxygen atoms in total. The molecule has 0 atom stereocenters. The number of carbonyl (C=O) groups excluding carboxylic acids is 1. The van der Waals surface area contributed by atoms with Gasteiger partial charge in [0.1, 0.15) is 17.4 Å². The second kappa shape index (κ2) is 9.70. The average Bonchev–Trinajstić information content (AvgIpc) is 3.42. The minimum Gasteiger partial charge on any atom is -0.439 e. The molecule has 5 rings (SSSR count). The lowest BCUT2D eigenvalue weighted by Gasteiger charge is -2.10. The maximum absolute atomic E-state index is 14.4. The number of fused-ring (bicyclic) bond motifs is 1. The fraction of sp³-hybridized carbons (Fsp3) is 0.148. The topological polar surface area (TPSA) is 117 Å². The normalized spacial score (nSPS) is 12.8. The number of ether oxygens (including phenoxy) is 1. The molecule has 2 aromatic heterocycles. The zero-order valence-corrected chi connectivity index (χ0v) is 22.0. The van der Waals surface area contributed by atoms with Gasteiger partial charge in [0, 0.05) is 34.4 Å². The predicted octanol–water partition coefficient (Wildman–Crippen LogP) is 5.11. The van der Waals surface area contributed by atoms with Crippen molar-refractivity contribution in [3.8, 4) is 17.3 Å². The number of sulfone groups is 1. The summed E-state index contributed by atoms with van der Waals surface area (Å²) in [6.45, 7) is 1.82. The quantitative estimate of drug-likeness (QED) is 0.317. The van der Waals surface area contributed by atoms with Crippen molar-refractivity contribution >= 4 is 39.1 Å². The van der Waals surface area contributed by atoms with E-state index in [1.54, 1.807) is 36.4 Å². The molecule has 0 unspecified atom stereocenters. The van der Waals surface area contributed by atoms with E-state index in [0.717, 1.165) is 6.26 Å². The minimum atomic E-state index is -3.41. The number of nitrogens with two attached hydrogens (primary N) is 1. The molecular formula is C27H22ClFN4O4S. The second-order valence-corrected chi connectivity index (χ2v) is 11.7. The summed E-state index contributed by atoms with van der Waals surface area (Å²) in [5, 5.41) is 4.82. The highest BCUT2D eigenvalue weighted by Crippen LogP contribution is 2.32. The summed E-state index contributed by atoms with van der Waals surface area (Å²) in [7, 11) is -3.41. The van der Waals surface area contributed by atoms with Gasteiger partial charge in [0.25, 0.3) is 0 Å². The van der Waals surface area contributed by atoms with E-state index in [-0.39, 0.29) is 29.1 Å². The van der Waals surface area contributed by atoms with Gasteiger partial charge in [0.05, 0.1) is 29.4 Å². The number of hydrogen-bond acceptors (Lipinski definition) is 7. The highest BCUT2D eigenvalue weighted by molar-refractivity contribution is 7.89. The highest BCUT2D eigenvalue weighted by Gasteiger charge is 2.26. The lowest BCUT2D eigenvalue weighted by molar-refractivity contribution is 0.103. The number of anilines is 1. The SMILES string of the molecule is Cc1cc(-n2ncc(C(=O)C3=Cc4cc(F)c(CS(C)(=O)=O)cc4C3)c2N)cnc1Oc1cccc(Cl)c1. The van der Waals surface area contributed by atoms with Gasteiger partial charge < -0.3 is 10.5 Å². The molecule has 4 aromatic rings. The van der Waals surface area contributed by atoms with E-state index >= 15 is 0 Å². The van der Waals surface area contributed by atoms with E-state index in [4.69, 9.17) is 22.1 Å². The number of ketones is 1. The first-order chi connectivity index (χ1) is 18.0. The Balaban J connectivity index is 1.37. The summed E-state index contributed by atoms with van der Waals surface area (Å²) in [6, 6.07) is 11.5. The van der Waals surface area contributed by atoms with Crippen LogP contribution in [0, 0.1) is 12.7 Å². The van der Waals surface area contributed by atoms with Crippen LogP contribution in [0.5, 0.6) is 11.6 Å². The Kier molecular flexibility index (Phi) is 6.54. The third-order valence-corrected chi connectivity index (χ3v) is 7.12. The summed E-state index contributed by atoms with van der Waals surface area (Å²) in [6.07, 6.45) is 5.77. The lowest BCUT2D eigenvalue weighted by atomic mass is 10.0. The van der Waals surface area contributed by atoms with Crippen LogP contribution in [0.3, 0.4) is 0 Å². The van der Waals surface area contributed by atoms with Crippen LogP contribution in [-0.4, -0.2) is 35.2 Å². The summed E-state index contributed by atoms with van der Waals surface area (Å²) in [4.78, 5) is 17.7. The number of rotatable bonds is 7. The summed E-state index contributed by atoms with van der Waals surface area (Å²) < 4.78 is 44.9. The molecule has 0 bridgehead atoms. The van der Waals surface area contributed by atoms with Crippen LogP contribution in [0.15, 0.2) is 60.4 Å². The van der Waals surface area contributed by atoms with Crippen molar-refractivity contribution in [1.29, 1.82) is 0 Å². The Labute approximate surface area is 223 Å². The molecule has 1 aliphatic carbocycles. The molecule has 194 valence electrons. The number of hydrogen-bond donors (Lipinski definition) is 1. The number of carbonyl (C=O) groups is 1. The molecular weight excluding hydrogens is 531 g/mol. The van der Waals surface area contributed by atoms with Gasteiger partial charge in [-0.15, -0.1) is 0 Å². The molecule has 0 saturated carbocycles. The molecule has 0 fully saturated rings. The van der Waals surface area contributed by atoms with Gasteiger partial charge in [-0.05, 0) is 54.5 Å². The van der Waals surface area contributed by atoms with Crippen molar-refractivity contribution < 1.29 is 22.3 Å². The van der Waals surface area contributed by atoms with Crippen LogP contribution < -0.4 is 10.5 Å². The third-order valence-electron chi connectivity index (χ3n) is 6.05. The van der Waals surface area contributed by atoms with Crippen LogP contribution in [-0.2, 0) is 22.0 Å². The molecule has 1 aliphatic rings. The number of benzene rings is 2. The van der Waals surface area contributed by atoms with E-state index in [2.05, 4.69) is 10.1 Å². The fourth-order valence-corrected chi connectivity index (χ4v) is 5.25. The maximum Gasteiger partial charge on any atom is 0.222 e. The fourth-order valence-electron chi connectivity index (χ4n) is 4.28. The van der Waals surface area contributed by atoms with Gasteiger partial charge in [-0.25, -0.2) is 22.5 Å². The van der Waals surface area contributed by atoms with Gasteiger partial charge in [-0.2, -0.15) is 5.10 Å². The monoisotopic (exact) mass is 552 g/mol. The number of nitrogens with zero attached hydrogens (tertiary/aromatic N) is 3. The number of aryl methyl sites for hydroxylation is 1. The molecule has 2 aromatic carbocycles. The van der Waals surface area contributed by atoms with Crippen molar-refractivity contribution in [2.75, 3.05) is 12.0 Å². The average molecular weight is 553 g/mol. The molecule has 2 N–H and O–H groups in total. The van der Waals surface area contributed by atoms with Crippen molar-refractivity contribution in [2.24, 2.45) is 0 Å². The van der Waals surface area contributed by atoms with Crippen LogP contribution >= 0.6 is 11.6 Å². The van der Waals surface area contributed by atoms with Gasteiger partial charge in [0.15, 0.2) is 15.6 Å². The van der Waals surface area contributed by atoms with Crippen molar-refractivity contribution in [3.05, 3.63) is 99.1 Å². The second-order valence-electron chi connectivity index (χ2n) is 9.12. The van der Waals surface area contributed by atoms with Crippen molar-refractivity contribution in [2.45, 2.75) is 19.1 Å². The van der Waals surface area contributed by atoms with Gasteiger partial charge in [-0.3, -0.25) is 4.79 Å². The Morgan fingerprint density at radius 2 is 2.00 bits per heavy atom. The van der Waals surface area contributed by atoms with E-state index in [1.165, 1.54) is 29.2 Å². The maximum atomic E-state index is 14.4. The first kappa shape index (κ1) is 25.6. The molecule has 0 amide bonds. The largest absolute Gasteiger partial charge is 0.439 e. The zero-order valence-electron chi connectivity index (χ0n) is 20.4. The molecule has 38 heavy (non-hydrogen) atoms. The molecule has 11 heteroatoms. The number of allylic oxidation sites excluding steroid dienone is 1. The van der Waals surface area contributed by atoms with E-state index in [0.29, 0.717) is 44.6 Å². The van der Waals surface area contributed by atoms with Crippen LogP contribution in [0.2, 0.25) is 5.02 Å². The van der Waals surface area contributed by atoms with Gasteiger partial charge in [0.2, 0.25) is 5.88 Å². The first-order valence-electron chi connectivity index (χ1n) is 11.5. The third kappa shape index (κ3) is 5.18. The number of nitrogen functional groups attached to an aromatic ring is 1. The van der Waals surface area contributed by atoms with E-state index in [1.807, 2.05) is 6.92 Å². The number of Topliss-reactive ketones (excluding diaryl/α,β-unsaturated/α-hetero) is 1. The number of halogens is 2. The lowest BCUT2D eigenvalue weighted by Crippen LogP contribution is -2.09. The molecule has 0 spiro atoms. The van der Waals surface area contributed by atoms with Gasteiger partial charge >= 0.3 is 0 Å². The highest BCUT2D eigenvalue weighted by atomic mass is 35.5. The Bertz CT molecular complexity index is 1750. The standard InChI is InChI=1S/C27H22ClFN4O4S/c1-15-6-21(12-31-27(15)37-22-5-3-4-20(28)11-22)33-26(30)23(13-32-33)25(34)18-7-16-9-19(14-38(2,35)36)24(29)10-17(16)8-18/h3-6,8-13H,7,14,30H2,1-2H3. The summed E-state index contributed by atoms with van der Waals surface area (Å²) in [5.74, 6) is -0.333. The van der Waals surface area contributed by atoms with Crippen molar-refractivity contribution in [3.63, 3.8) is 0 Å².